The summed E-state index contributed by atoms with van der Waals surface area (Å²) in [5.74, 6) is -0.0560. The molecule has 0 radical (unpaired) electrons. The average molecular weight is 316 g/mol. The van der Waals surface area contributed by atoms with Crippen molar-refractivity contribution in [2.45, 2.75) is 33.2 Å². The van der Waals surface area contributed by atoms with Crippen LogP contribution in [0.4, 0.5) is 0 Å². The molecule has 1 aromatic heterocycles. The van der Waals surface area contributed by atoms with E-state index in [4.69, 9.17) is 0 Å². The monoisotopic (exact) mass is 316 g/mol. The lowest BCUT2D eigenvalue weighted by Crippen LogP contribution is -2.33. The van der Waals surface area contributed by atoms with Crippen molar-refractivity contribution in [1.82, 2.24) is 20.2 Å². The molecule has 0 bridgehead atoms. The predicted molar refractivity (Wildman–Crippen MR) is 91.5 cm³/mol. The largest absolute Gasteiger partial charge is 0.355 e. The van der Waals surface area contributed by atoms with Crippen LogP contribution in [0.25, 0.3) is 10.9 Å². The number of carbonyl (C=O) groups is 1. The number of rotatable bonds is 8. The zero-order valence-electron chi connectivity index (χ0n) is 13.8. The number of amides is 1. The van der Waals surface area contributed by atoms with Gasteiger partial charge in [-0.15, -0.1) is 0 Å². The van der Waals surface area contributed by atoms with Gasteiger partial charge in [0.25, 0.3) is 5.56 Å². The lowest BCUT2D eigenvalue weighted by molar-refractivity contribution is -0.121. The van der Waals surface area contributed by atoms with Gasteiger partial charge in [-0.2, -0.15) is 0 Å². The molecular formula is C17H24N4O2. The van der Waals surface area contributed by atoms with Crippen molar-refractivity contribution in [2.75, 3.05) is 19.6 Å². The Morgan fingerprint density at radius 3 is 2.87 bits per heavy atom. The van der Waals surface area contributed by atoms with E-state index in [1.54, 1.807) is 6.07 Å². The first-order valence-corrected chi connectivity index (χ1v) is 8.05. The molecular weight excluding hydrogens is 292 g/mol. The molecule has 2 aromatic rings. The maximum Gasteiger partial charge on any atom is 0.261 e. The van der Waals surface area contributed by atoms with Gasteiger partial charge in [0, 0.05) is 26.1 Å². The Hall–Kier alpha value is -2.21. The molecule has 0 aliphatic carbocycles. The third-order valence-corrected chi connectivity index (χ3v) is 3.69. The molecule has 0 aliphatic rings. The van der Waals surface area contributed by atoms with Gasteiger partial charge in [-0.25, -0.2) is 4.98 Å². The number of fused-ring (bicyclic) bond motifs is 1. The smallest absolute Gasteiger partial charge is 0.261 e. The molecule has 0 aliphatic heterocycles. The maximum absolute atomic E-state index is 12.4. The highest BCUT2D eigenvalue weighted by molar-refractivity contribution is 5.80. The summed E-state index contributed by atoms with van der Waals surface area (Å²) in [6.07, 6.45) is 2.87. The molecule has 0 spiro atoms. The summed E-state index contributed by atoms with van der Waals surface area (Å²) in [7, 11) is 0. The third kappa shape index (κ3) is 4.63. The highest BCUT2D eigenvalue weighted by Crippen LogP contribution is 2.11. The summed E-state index contributed by atoms with van der Waals surface area (Å²) in [4.78, 5) is 28.5. The molecule has 2 rings (SSSR count). The number of carbonyl (C=O) groups excluding carboxylic acids is 1. The first kappa shape index (κ1) is 17.1. The average Bonchev–Trinajstić information content (AvgIpc) is 2.55. The fraction of sp³-hybridized carbons (Fsp3) is 0.471. The molecule has 23 heavy (non-hydrogen) atoms. The van der Waals surface area contributed by atoms with Crippen molar-refractivity contribution in [1.29, 1.82) is 0 Å². The van der Waals surface area contributed by atoms with Gasteiger partial charge >= 0.3 is 0 Å². The first-order valence-electron chi connectivity index (χ1n) is 8.05. The van der Waals surface area contributed by atoms with E-state index in [0.29, 0.717) is 18.5 Å². The van der Waals surface area contributed by atoms with E-state index in [2.05, 4.69) is 22.5 Å². The minimum atomic E-state index is -0.101. The summed E-state index contributed by atoms with van der Waals surface area (Å²) < 4.78 is 1.50. The van der Waals surface area contributed by atoms with E-state index >= 15 is 0 Å². The molecule has 1 aromatic carbocycles. The van der Waals surface area contributed by atoms with Gasteiger partial charge in [0.15, 0.2) is 0 Å². The van der Waals surface area contributed by atoms with Crippen LogP contribution in [-0.4, -0.2) is 35.1 Å². The fourth-order valence-corrected chi connectivity index (χ4v) is 2.40. The second-order valence-corrected chi connectivity index (χ2v) is 5.56. The zero-order valence-corrected chi connectivity index (χ0v) is 13.8. The highest BCUT2D eigenvalue weighted by Gasteiger charge is 2.07. The van der Waals surface area contributed by atoms with Gasteiger partial charge in [-0.05, 0) is 31.5 Å². The summed E-state index contributed by atoms with van der Waals surface area (Å²) in [5.41, 5.74) is 1.60. The molecule has 0 saturated heterocycles. The van der Waals surface area contributed by atoms with E-state index in [-0.39, 0.29) is 17.9 Å². The second-order valence-electron chi connectivity index (χ2n) is 5.56. The molecule has 1 amide bonds. The minimum absolute atomic E-state index is 0.0560. The number of para-hydroxylation sites is 1. The van der Waals surface area contributed by atoms with Gasteiger partial charge in [-0.1, -0.05) is 19.1 Å². The third-order valence-electron chi connectivity index (χ3n) is 3.69. The molecule has 2 N–H and O–H groups in total. The predicted octanol–water partition coefficient (Wildman–Crippen LogP) is 1.21. The van der Waals surface area contributed by atoms with Crippen molar-refractivity contribution in [3.05, 3.63) is 40.4 Å². The van der Waals surface area contributed by atoms with E-state index in [1.165, 1.54) is 10.9 Å². The van der Waals surface area contributed by atoms with Crippen LogP contribution < -0.4 is 16.2 Å². The summed E-state index contributed by atoms with van der Waals surface area (Å²) in [5, 5.41) is 6.65. The van der Waals surface area contributed by atoms with E-state index < -0.39 is 0 Å². The molecule has 124 valence electrons. The fourth-order valence-electron chi connectivity index (χ4n) is 2.40. The number of hydrogen-bond acceptors (Lipinski definition) is 4. The standard InChI is InChI=1S/C17H24N4O2/c1-3-8-18-9-10-19-15(22)7-11-21-12-20-16-13(2)5-4-6-14(16)17(21)23/h4-6,12,18H,3,7-11H2,1-2H3,(H,19,22). The Balaban J connectivity index is 1.91. The van der Waals surface area contributed by atoms with E-state index in [0.717, 1.165) is 30.6 Å². The lowest BCUT2D eigenvalue weighted by atomic mass is 10.1. The van der Waals surface area contributed by atoms with Crippen molar-refractivity contribution >= 4 is 16.8 Å². The summed E-state index contributed by atoms with van der Waals surface area (Å²) in [6, 6.07) is 5.55. The number of aromatic nitrogens is 2. The number of nitrogens with zero attached hydrogens (tertiary/aromatic N) is 2. The Morgan fingerprint density at radius 1 is 1.26 bits per heavy atom. The van der Waals surface area contributed by atoms with Gasteiger partial charge in [0.1, 0.15) is 0 Å². The van der Waals surface area contributed by atoms with Crippen LogP contribution >= 0.6 is 0 Å². The van der Waals surface area contributed by atoms with Crippen LogP contribution in [0.2, 0.25) is 0 Å². The van der Waals surface area contributed by atoms with Crippen LogP contribution in [0.3, 0.4) is 0 Å². The maximum atomic E-state index is 12.4. The van der Waals surface area contributed by atoms with Gasteiger partial charge in [0.05, 0.1) is 17.2 Å². The van der Waals surface area contributed by atoms with Gasteiger partial charge in [0.2, 0.25) is 5.91 Å². The molecule has 6 nitrogen and oxygen atoms in total. The van der Waals surface area contributed by atoms with Crippen molar-refractivity contribution in [3.63, 3.8) is 0 Å². The Kier molecular flexibility index (Phi) is 6.29. The van der Waals surface area contributed by atoms with E-state index in [1.807, 2.05) is 19.1 Å². The van der Waals surface area contributed by atoms with Crippen LogP contribution in [0.15, 0.2) is 29.3 Å². The van der Waals surface area contributed by atoms with Crippen molar-refractivity contribution in [3.8, 4) is 0 Å². The summed E-state index contributed by atoms with van der Waals surface area (Å²) >= 11 is 0. The Morgan fingerprint density at radius 2 is 2.09 bits per heavy atom. The number of nitrogens with one attached hydrogen (secondary N) is 2. The topological polar surface area (TPSA) is 76.0 Å². The number of hydrogen-bond donors (Lipinski definition) is 2. The quantitative estimate of drug-likeness (QED) is 0.718. The molecule has 0 unspecified atom stereocenters. The highest BCUT2D eigenvalue weighted by atomic mass is 16.1. The molecule has 1 heterocycles. The van der Waals surface area contributed by atoms with Crippen LogP contribution in [-0.2, 0) is 11.3 Å². The van der Waals surface area contributed by atoms with Crippen molar-refractivity contribution < 1.29 is 4.79 Å². The number of benzene rings is 1. The zero-order chi connectivity index (χ0) is 16.7. The molecule has 0 fully saturated rings. The van der Waals surface area contributed by atoms with Crippen LogP contribution in [0.5, 0.6) is 0 Å². The minimum Gasteiger partial charge on any atom is -0.355 e. The van der Waals surface area contributed by atoms with Gasteiger partial charge in [-0.3, -0.25) is 14.2 Å². The van der Waals surface area contributed by atoms with Crippen LogP contribution in [0, 0.1) is 6.92 Å². The number of aryl methyl sites for hydroxylation is 2. The first-order chi connectivity index (χ1) is 11.1. The van der Waals surface area contributed by atoms with Gasteiger partial charge < -0.3 is 10.6 Å². The van der Waals surface area contributed by atoms with E-state index in [9.17, 15) is 9.59 Å². The molecule has 0 atom stereocenters. The Bertz CT molecular complexity index is 724. The summed E-state index contributed by atoms with van der Waals surface area (Å²) in [6.45, 7) is 6.68. The molecule has 0 saturated carbocycles. The Labute approximate surface area is 135 Å². The lowest BCUT2D eigenvalue weighted by Gasteiger charge is -2.09. The second kappa shape index (κ2) is 8.43. The van der Waals surface area contributed by atoms with Crippen molar-refractivity contribution in [2.24, 2.45) is 0 Å². The normalized spacial score (nSPS) is 10.9. The SMILES string of the molecule is CCCNCCNC(=O)CCn1cnc2c(C)cccc2c1=O. The molecule has 6 heteroatoms. The van der Waals surface area contributed by atoms with Crippen LogP contribution in [0.1, 0.15) is 25.3 Å².